The number of hydrogen-bond acceptors (Lipinski definition) is 5. The normalized spacial score (nSPS) is 16.4. The lowest BCUT2D eigenvalue weighted by Crippen LogP contribution is -2.44. The highest BCUT2D eigenvalue weighted by atomic mass is 127. The lowest BCUT2D eigenvalue weighted by atomic mass is 10.1. The molecule has 28 heavy (non-hydrogen) atoms. The average Bonchev–Trinajstić information content (AvgIpc) is 3.39. The Morgan fingerprint density at radius 3 is 2.75 bits per heavy atom. The van der Waals surface area contributed by atoms with Crippen molar-refractivity contribution in [2.24, 2.45) is 4.99 Å². The minimum Gasteiger partial charge on any atom is -0.468 e. The molecule has 1 unspecified atom stereocenters. The van der Waals surface area contributed by atoms with E-state index >= 15 is 0 Å². The summed E-state index contributed by atoms with van der Waals surface area (Å²) in [6, 6.07) is 4.28. The first-order valence-electron chi connectivity index (χ1n) is 10.0. The van der Waals surface area contributed by atoms with E-state index in [1.54, 1.807) is 17.6 Å². The van der Waals surface area contributed by atoms with Crippen molar-refractivity contribution in [1.29, 1.82) is 0 Å². The van der Waals surface area contributed by atoms with Gasteiger partial charge in [-0.15, -0.1) is 35.3 Å². The maximum atomic E-state index is 5.74. The van der Waals surface area contributed by atoms with Gasteiger partial charge in [-0.05, 0) is 51.4 Å². The lowest BCUT2D eigenvalue weighted by molar-refractivity contribution is 0.146. The first kappa shape index (κ1) is 23.2. The molecule has 1 fully saturated rings. The van der Waals surface area contributed by atoms with E-state index in [4.69, 9.17) is 9.41 Å². The third kappa shape index (κ3) is 6.73. The van der Waals surface area contributed by atoms with E-state index in [2.05, 4.69) is 40.4 Å². The number of furan rings is 1. The summed E-state index contributed by atoms with van der Waals surface area (Å²) in [6.45, 7) is 8.71. The quantitative estimate of drug-likeness (QED) is 0.312. The second-order valence-corrected chi connectivity index (χ2v) is 7.98. The molecule has 0 amide bonds. The summed E-state index contributed by atoms with van der Waals surface area (Å²) in [5.41, 5.74) is 0. The van der Waals surface area contributed by atoms with Crippen molar-refractivity contribution in [3.63, 3.8) is 0 Å². The number of rotatable bonds is 8. The minimum absolute atomic E-state index is 0. The molecular weight excluding hydrogens is 485 g/mol. The molecule has 2 aromatic heterocycles. The molecule has 1 saturated heterocycles. The standard InChI is InChI=1S/C20H31N5OS.HI/c1-3-16-13-22-19(27-16)15-24-20(21-4-2)23-14-17(18-9-8-12-26-18)25-10-6-5-7-11-25;/h8-9,12-13,17H,3-7,10-11,14-15H2,1-2H3,(H2,21,23,24);1H. The maximum Gasteiger partial charge on any atom is 0.191 e. The molecule has 0 radical (unpaired) electrons. The fraction of sp³-hybridized carbons (Fsp3) is 0.600. The number of likely N-dealkylation sites (tertiary alicyclic amines) is 1. The maximum absolute atomic E-state index is 5.74. The van der Waals surface area contributed by atoms with Crippen molar-refractivity contribution in [3.8, 4) is 0 Å². The number of aromatic nitrogens is 1. The molecule has 1 atom stereocenters. The van der Waals surface area contributed by atoms with Crippen molar-refractivity contribution in [2.75, 3.05) is 26.2 Å². The summed E-state index contributed by atoms with van der Waals surface area (Å²) >= 11 is 1.74. The highest BCUT2D eigenvalue weighted by Crippen LogP contribution is 2.24. The van der Waals surface area contributed by atoms with Crippen molar-refractivity contribution in [3.05, 3.63) is 40.2 Å². The SMILES string of the molecule is CCNC(=NCc1ncc(CC)s1)NCC(c1ccco1)N1CCCCC1.I. The van der Waals surface area contributed by atoms with Crippen LogP contribution >= 0.6 is 35.3 Å². The molecule has 3 rings (SSSR count). The van der Waals surface area contributed by atoms with Crippen LogP contribution in [0.1, 0.15) is 54.8 Å². The molecule has 8 heteroatoms. The third-order valence-electron chi connectivity index (χ3n) is 4.83. The molecule has 156 valence electrons. The number of thiazole rings is 1. The molecule has 6 nitrogen and oxygen atoms in total. The van der Waals surface area contributed by atoms with Gasteiger partial charge in [0, 0.05) is 24.2 Å². The number of aryl methyl sites for hydroxylation is 1. The van der Waals surface area contributed by atoms with Crippen molar-refractivity contribution in [2.45, 2.75) is 52.1 Å². The van der Waals surface area contributed by atoms with E-state index in [1.807, 2.05) is 12.3 Å². The van der Waals surface area contributed by atoms with Gasteiger partial charge < -0.3 is 15.1 Å². The van der Waals surface area contributed by atoms with Gasteiger partial charge in [-0.3, -0.25) is 4.90 Å². The zero-order chi connectivity index (χ0) is 18.9. The predicted octanol–water partition coefficient (Wildman–Crippen LogP) is 4.20. The highest BCUT2D eigenvalue weighted by molar-refractivity contribution is 14.0. The number of piperidine rings is 1. The molecule has 3 heterocycles. The van der Waals surface area contributed by atoms with Gasteiger partial charge in [0.2, 0.25) is 0 Å². The number of aliphatic imine (C=N–C) groups is 1. The van der Waals surface area contributed by atoms with Crippen LogP contribution in [0.25, 0.3) is 0 Å². The lowest BCUT2D eigenvalue weighted by Gasteiger charge is -2.33. The fourth-order valence-corrected chi connectivity index (χ4v) is 4.17. The average molecular weight is 517 g/mol. The second-order valence-electron chi connectivity index (χ2n) is 6.78. The Bertz CT molecular complexity index is 697. The zero-order valence-corrected chi connectivity index (χ0v) is 20.0. The smallest absolute Gasteiger partial charge is 0.191 e. The number of halogens is 1. The summed E-state index contributed by atoms with van der Waals surface area (Å²) in [4.78, 5) is 13.0. The molecule has 2 N–H and O–H groups in total. The molecule has 2 aromatic rings. The second kappa shape index (κ2) is 12.4. The summed E-state index contributed by atoms with van der Waals surface area (Å²) in [6.07, 6.45) is 8.59. The third-order valence-corrected chi connectivity index (χ3v) is 5.96. The summed E-state index contributed by atoms with van der Waals surface area (Å²) in [5.74, 6) is 1.85. The first-order valence-corrected chi connectivity index (χ1v) is 10.8. The van der Waals surface area contributed by atoms with E-state index in [0.717, 1.165) is 49.3 Å². The predicted molar refractivity (Wildman–Crippen MR) is 127 cm³/mol. The Kier molecular flexibility index (Phi) is 10.3. The van der Waals surface area contributed by atoms with Crippen LogP contribution in [0.4, 0.5) is 0 Å². The molecule has 1 aliphatic heterocycles. The highest BCUT2D eigenvalue weighted by Gasteiger charge is 2.24. The van der Waals surface area contributed by atoms with E-state index in [1.165, 1.54) is 24.1 Å². The van der Waals surface area contributed by atoms with Crippen LogP contribution in [0.2, 0.25) is 0 Å². The zero-order valence-electron chi connectivity index (χ0n) is 16.8. The van der Waals surface area contributed by atoms with Crippen LogP contribution in [0, 0.1) is 0 Å². The molecule has 0 saturated carbocycles. The van der Waals surface area contributed by atoms with Gasteiger partial charge >= 0.3 is 0 Å². The molecule has 0 aliphatic carbocycles. The van der Waals surface area contributed by atoms with Gasteiger partial charge in [0.05, 0.1) is 18.8 Å². The Hall–Kier alpha value is -1.13. The van der Waals surface area contributed by atoms with Crippen LogP contribution < -0.4 is 10.6 Å². The first-order chi connectivity index (χ1) is 13.3. The largest absolute Gasteiger partial charge is 0.468 e. The summed E-state index contributed by atoms with van der Waals surface area (Å²) < 4.78 is 5.74. The van der Waals surface area contributed by atoms with Gasteiger partial charge in [-0.25, -0.2) is 9.98 Å². The minimum atomic E-state index is 0. The van der Waals surface area contributed by atoms with E-state index < -0.39 is 0 Å². The van der Waals surface area contributed by atoms with Crippen LogP contribution in [-0.4, -0.2) is 42.0 Å². The molecule has 1 aliphatic rings. The number of guanidine groups is 1. The van der Waals surface area contributed by atoms with Gasteiger partial charge in [-0.2, -0.15) is 0 Å². The Labute approximate surface area is 189 Å². The summed E-state index contributed by atoms with van der Waals surface area (Å²) in [5, 5.41) is 7.91. The van der Waals surface area contributed by atoms with Crippen LogP contribution in [-0.2, 0) is 13.0 Å². The Balaban J connectivity index is 0.00000280. The summed E-state index contributed by atoms with van der Waals surface area (Å²) in [7, 11) is 0. The molecule has 0 bridgehead atoms. The fourth-order valence-electron chi connectivity index (χ4n) is 3.39. The van der Waals surface area contributed by atoms with Crippen molar-refractivity contribution in [1.82, 2.24) is 20.5 Å². The Morgan fingerprint density at radius 1 is 1.29 bits per heavy atom. The van der Waals surface area contributed by atoms with Crippen molar-refractivity contribution >= 4 is 41.3 Å². The number of hydrogen-bond donors (Lipinski definition) is 2. The van der Waals surface area contributed by atoms with Gasteiger partial charge in [-0.1, -0.05) is 13.3 Å². The number of nitrogens with one attached hydrogen (secondary N) is 2. The van der Waals surface area contributed by atoms with Crippen LogP contribution in [0.5, 0.6) is 0 Å². The van der Waals surface area contributed by atoms with Gasteiger partial charge in [0.1, 0.15) is 10.8 Å². The molecular formula is C20H32IN5OS. The topological polar surface area (TPSA) is 65.7 Å². The molecule has 0 aromatic carbocycles. The number of nitrogens with zero attached hydrogens (tertiary/aromatic N) is 3. The van der Waals surface area contributed by atoms with E-state index in [0.29, 0.717) is 6.54 Å². The van der Waals surface area contributed by atoms with Crippen molar-refractivity contribution < 1.29 is 4.42 Å². The van der Waals surface area contributed by atoms with E-state index in [-0.39, 0.29) is 30.0 Å². The van der Waals surface area contributed by atoms with Gasteiger partial charge in [0.15, 0.2) is 5.96 Å². The van der Waals surface area contributed by atoms with E-state index in [9.17, 15) is 0 Å². The Morgan fingerprint density at radius 2 is 2.11 bits per heavy atom. The van der Waals surface area contributed by atoms with Crippen LogP contribution in [0.15, 0.2) is 34.0 Å². The molecule has 0 spiro atoms. The van der Waals surface area contributed by atoms with Crippen LogP contribution in [0.3, 0.4) is 0 Å². The van der Waals surface area contributed by atoms with Gasteiger partial charge in [0.25, 0.3) is 0 Å². The monoisotopic (exact) mass is 517 g/mol.